The second kappa shape index (κ2) is 7.32. The van der Waals surface area contributed by atoms with Crippen LogP contribution in [0.15, 0.2) is 36.8 Å². The number of fused-ring (bicyclic) bond motifs is 2. The summed E-state index contributed by atoms with van der Waals surface area (Å²) in [6.07, 6.45) is 7.78. The molecule has 31 heavy (non-hydrogen) atoms. The smallest absolute Gasteiger partial charge is 0.142 e. The van der Waals surface area contributed by atoms with Gasteiger partial charge in [0.05, 0.1) is 22.0 Å². The predicted molar refractivity (Wildman–Crippen MR) is 122 cm³/mol. The lowest BCUT2D eigenvalue weighted by Crippen LogP contribution is -2.49. The molecule has 0 atom stereocenters. The Hall–Kier alpha value is -2.97. The summed E-state index contributed by atoms with van der Waals surface area (Å²) in [4.78, 5) is 25.4. The van der Waals surface area contributed by atoms with Gasteiger partial charge in [-0.15, -0.1) is 0 Å². The Morgan fingerprint density at radius 2 is 1.87 bits per heavy atom. The van der Waals surface area contributed by atoms with Gasteiger partial charge in [0.25, 0.3) is 0 Å². The number of imidazole rings is 1. The standard InChI is InChI=1S/C23H28N8/c24-23(7-12-31(13-8-23)21-17-6-9-25-20(17)26-15-27-21)22-28-18-5-3-4-16(19(18)29-22)14-30-10-1-2-11-30/h3-6,9,15H,1-2,7-8,10-14,24H2,(H,28,29)(H,25,26,27). The normalized spacial score (nSPS) is 19.6. The van der Waals surface area contributed by atoms with Crippen LogP contribution in [0.3, 0.4) is 0 Å². The highest BCUT2D eigenvalue weighted by Gasteiger charge is 2.36. The van der Waals surface area contributed by atoms with E-state index < -0.39 is 5.54 Å². The zero-order valence-corrected chi connectivity index (χ0v) is 17.6. The number of rotatable bonds is 4. The Labute approximate surface area is 180 Å². The number of likely N-dealkylation sites (tertiary alicyclic amines) is 1. The van der Waals surface area contributed by atoms with Crippen molar-refractivity contribution in [1.29, 1.82) is 0 Å². The Morgan fingerprint density at radius 1 is 1.03 bits per heavy atom. The van der Waals surface area contributed by atoms with E-state index in [1.165, 1.54) is 31.5 Å². The maximum absolute atomic E-state index is 6.92. The number of aromatic nitrogens is 5. The number of hydrogen-bond donors (Lipinski definition) is 3. The summed E-state index contributed by atoms with van der Waals surface area (Å²) in [6, 6.07) is 8.48. The van der Waals surface area contributed by atoms with E-state index in [0.29, 0.717) is 0 Å². The number of anilines is 1. The lowest BCUT2D eigenvalue weighted by Gasteiger charge is -2.38. The molecule has 0 spiro atoms. The average Bonchev–Trinajstić information content (AvgIpc) is 3.55. The molecule has 2 fully saturated rings. The summed E-state index contributed by atoms with van der Waals surface area (Å²) < 4.78 is 0. The minimum atomic E-state index is -0.454. The van der Waals surface area contributed by atoms with E-state index in [0.717, 1.165) is 66.2 Å². The fourth-order valence-corrected chi connectivity index (χ4v) is 5.10. The Kier molecular flexibility index (Phi) is 4.43. The zero-order valence-electron chi connectivity index (χ0n) is 17.6. The van der Waals surface area contributed by atoms with Gasteiger partial charge in [-0.05, 0) is 56.5 Å². The van der Waals surface area contributed by atoms with E-state index in [4.69, 9.17) is 10.7 Å². The third-order valence-electron chi connectivity index (χ3n) is 6.95. The second-order valence-corrected chi connectivity index (χ2v) is 8.96. The molecule has 0 saturated carbocycles. The van der Waals surface area contributed by atoms with Gasteiger partial charge < -0.3 is 20.6 Å². The van der Waals surface area contributed by atoms with Crippen molar-refractivity contribution in [3.05, 3.63) is 48.2 Å². The topological polar surface area (TPSA) is 103 Å². The molecule has 2 aliphatic rings. The van der Waals surface area contributed by atoms with Gasteiger partial charge in [-0.25, -0.2) is 15.0 Å². The molecule has 6 rings (SSSR count). The summed E-state index contributed by atoms with van der Waals surface area (Å²) in [5, 5.41) is 1.06. The van der Waals surface area contributed by atoms with E-state index in [9.17, 15) is 0 Å². The Bertz CT molecular complexity index is 1210. The van der Waals surface area contributed by atoms with Gasteiger partial charge in [-0.2, -0.15) is 0 Å². The highest BCUT2D eigenvalue weighted by Crippen LogP contribution is 2.34. The van der Waals surface area contributed by atoms with Gasteiger partial charge in [0.1, 0.15) is 23.6 Å². The van der Waals surface area contributed by atoms with Crippen molar-refractivity contribution in [2.45, 2.75) is 37.8 Å². The van der Waals surface area contributed by atoms with Crippen LogP contribution in [0.5, 0.6) is 0 Å². The molecule has 0 aliphatic carbocycles. The summed E-state index contributed by atoms with van der Waals surface area (Å²) in [7, 11) is 0. The fraction of sp³-hybridized carbons (Fsp3) is 0.435. The van der Waals surface area contributed by atoms with Crippen LogP contribution in [0.4, 0.5) is 5.82 Å². The summed E-state index contributed by atoms with van der Waals surface area (Å²) >= 11 is 0. The average molecular weight is 417 g/mol. The van der Waals surface area contributed by atoms with Crippen LogP contribution in [0.1, 0.15) is 37.1 Å². The number of benzene rings is 1. The number of aromatic amines is 2. The molecule has 160 valence electrons. The first-order chi connectivity index (χ1) is 15.2. The van der Waals surface area contributed by atoms with Gasteiger partial charge in [0.2, 0.25) is 0 Å². The quantitative estimate of drug-likeness (QED) is 0.473. The van der Waals surface area contributed by atoms with Crippen LogP contribution >= 0.6 is 0 Å². The van der Waals surface area contributed by atoms with E-state index in [1.54, 1.807) is 6.33 Å². The molecule has 4 N–H and O–H groups in total. The van der Waals surface area contributed by atoms with E-state index in [2.05, 4.69) is 47.9 Å². The molecule has 0 bridgehead atoms. The third kappa shape index (κ3) is 3.26. The van der Waals surface area contributed by atoms with Crippen molar-refractivity contribution in [3.8, 4) is 0 Å². The number of para-hydroxylation sites is 1. The van der Waals surface area contributed by atoms with Crippen LogP contribution in [-0.4, -0.2) is 56.0 Å². The monoisotopic (exact) mass is 416 g/mol. The van der Waals surface area contributed by atoms with Crippen LogP contribution in [0.25, 0.3) is 22.1 Å². The van der Waals surface area contributed by atoms with Gasteiger partial charge in [0.15, 0.2) is 0 Å². The molecule has 2 saturated heterocycles. The highest BCUT2D eigenvalue weighted by atomic mass is 15.2. The van der Waals surface area contributed by atoms with Gasteiger partial charge in [-0.1, -0.05) is 12.1 Å². The molecule has 3 aromatic heterocycles. The highest BCUT2D eigenvalue weighted by molar-refractivity contribution is 5.87. The number of hydrogen-bond acceptors (Lipinski definition) is 6. The number of nitrogens with one attached hydrogen (secondary N) is 2. The largest absolute Gasteiger partial charge is 0.356 e. The molecule has 4 aromatic rings. The lowest BCUT2D eigenvalue weighted by molar-refractivity contribution is 0.326. The Balaban J connectivity index is 1.25. The molecular formula is C23H28N8. The third-order valence-corrected chi connectivity index (χ3v) is 6.95. The second-order valence-electron chi connectivity index (χ2n) is 8.96. The molecule has 0 amide bonds. The maximum Gasteiger partial charge on any atom is 0.142 e. The van der Waals surface area contributed by atoms with Crippen molar-refractivity contribution < 1.29 is 0 Å². The maximum atomic E-state index is 6.92. The molecule has 8 heteroatoms. The number of nitrogens with zero attached hydrogens (tertiary/aromatic N) is 5. The molecule has 5 heterocycles. The number of piperidine rings is 1. The van der Waals surface area contributed by atoms with Gasteiger partial charge >= 0.3 is 0 Å². The first-order valence-electron chi connectivity index (χ1n) is 11.2. The van der Waals surface area contributed by atoms with Crippen molar-refractivity contribution in [2.24, 2.45) is 5.73 Å². The molecule has 1 aromatic carbocycles. The summed E-state index contributed by atoms with van der Waals surface area (Å²) in [5.74, 6) is 1.89. The molecular weight excluding hydrogens is 388 g/mol. The SMILES string of the molecule is NC1(c2nc3c(CN4CCCC4)cccc3[nH]2)CCN(c2ncnc3[nH]ccc23)CC1. The number of nitrogens with two attached hydrogens (primary N) is 1. The minimum absolute atomic E-state index is 0.454. The van der Waals surface area contributed by atoms with Gasteiger partial charge in [0, 0.05) is 25.8 Å². The number of H-pyrrole nitrogens is 2. The summed E-state index contributed by atoms with van der Waals surface area (Å²) in [5.41, 5.74) is 10.8. The molecule has 8 nitrogen and oxygen atoms in total. The molecule has 2 aliphatic heterocycles. The minimum Gasteiger partial charge on any atom is -0.356 e. The first kappa shape index (κ1) is 18.8. The van der Waals surface area contributed by atoms with Crippen LogP contribution < -0.4 is 10.6 Å². The first-order valence-corrected chi connectivity index (χ1v) is 11.2. The van der Waals surface area contributed by atoms with E-state index >= 15 is 0 Å². The Morgan fingerprint density at radius 3 is 2.71 bits per heavy atom. The van der Waals surface area contributed by atoms with E-state index in [1.807, 2.05) is 12.3 Å². The zero-order chi connectivity index (χ0) is 20.8. The molecule has 0 radical (unpaired) electrons. The van der Waals surface area contributed by atoms with Crippen molar-refractivity contribution >= 4 is 27.9 Å². The van der Waals surface area contributed by atoms with Crippen LogP contribution in [-0.2, 0) is 12.1 Å². The van der Waals surface area contributed by atoms with E-state index in [-0.39, 0.29) is 0 Å². The summed E-state index contributed by atoms with van der Waals surface area (Å²) in [6.45, 7) is 5.01. The van der Waals surface area contributed by atoms with Gasteiger partial charge in [-0.3, -0.25) is 4.90 Å². The lowest BCUT2D eigenvalue weighted by atomic mass is 9.88. The van der Waals surface area contributed by atoms with Crippen LogP contribution in [0.2, 0.25) is 0 Å². The fourth-order valence-electron chi connectivity index (χ4n) is 5.10. The van der Waals surface area contributed by atoms with Crippen LogP contribution in [0, 0.1) is 0 Å². The van der Waals surface area contributed by atoms with Crippen molar-refractivity contribution in [1.82, 2.24) is 29.8 Å². The van der Waals surface area contributed by atoms with Crippen molar-refractivity contribution in [2.75, 3.05) is 31.1 Å². The van der Waals surface area contributed by atoms with Crippen molar-refractivity contribution in [3.63, 3.8) is 0 Å². The predicted octanol–water partition coefficient (Wildman–Crippen LogP) is 2.88. The molecule has 0 unspecified atom stereocenters.